The van der Waals surface area contributed by atoms with Crippen LogP contribution in [0.25, 0.3) is 0 Å². The molecule has 0 aromatic heterocycles. The van der Waals surface area contributed by atoms with Gasteiger partial charge < -0.3 is 20.2 Å². The molecular formula is C19H27N3O3S. The van der Waals surface area contributed by atoms with E-state index in [0.29, 0.717) is 32.5 Å². The fraction of sp³-hybridized carbons (Fsp3) is 0.579. The van der Waals surface area contributed by atoms with E-state index in [9.17, 15) is 14.7 Å². The number of thioether (sulfide) groups is 1. The number of aliphatic hydroxyl groups is 1. The Bertz CT molecular complexity index is 607. The summed E-state index contributed by atoms with van der Waals surface area (Å²) in [7, 11) is 0. The smallest absolute Gasteiger partial charge is 0.240 e. The maximum absolute atomic E-state index is 12.7. The Labute approximate surface area is 158 Å². The average molecular weight is 378 g/mol. The van der Waals surface area contributed by atoms with E-state index in [1.54, 1.807) is 16.7 Å². The van der Waals surface area contributed by atoms with Gasteiger partial charge in [-0.2, -0.15) is 0 Å². The molecule has 2 N–H and O–H groups in total. The lowest BCUT2D eigenvalue weighted by molar-refractivity contribution is -0.134. The highest BCUT2D eigenvalue weighted by Crippen LogP contribution is 2.23. The van der Waals surface area contributed by atoms with E-state index < -0.39 is 0 Å². The highest BCUT2D eigenvalue weighted by Gasteiger charge is 2.34. The van der Waals surface area contributed by atoms with Crippen molar-refractivity contribution < 1.29 is 14.7 Å². The Balaban J connectivity index is 1.51. The lowest BCUT2D eigenvalue weighted by atomic mass is 10.00. The third-order valence-electron chi connectivity index (χ3n) is 4.99. The van der Waals surface area contributed by atoms with Crippen LogP contribution in [0.2, 0.25) is 0 Å². The molecular weight excluding hydrogens is 350 g/mol. The van der Waals surface area contributed by atoms with Crippen molar-refractivity contribution in [3.63, 3.8) is 0 Å². The minimum atomic E-state index is -0.160. The van der Waals surface area contributed by atoms with Crippen LogP contribution in [0.1, 0.15) is 18.4 Å². The van der Waals surface area contributed by atoms with Crippen molar-refractivity contribution in [3.8, 4) is 0 Å². The molecule has 2 aliphatic rings. The van der Waals surface area contributed by atoms with E-state index in [4.69, 9.17) is 0 Å². The van der Waals surface area contributed by atoms with E-state index in [1.807, 2.05) is 35.2 Å². The number of amides is 2. The van der Waals surface area contributed by atoms with E-state index >= 15 is 0 Å². The first-order chi connectivity index (χ1) is 12.7. The molecule has 2 saturated heterocycles. The van der Waals surface area contributed by atoms with Crippen LogP contribution in [0.4, 0.5) is 0 Å². The Kier molecular flexibility index (Phi) is 6.93. The number of nitrogens with one attached hydrogen (secondary N) is 1. The van der Waals surface area contributed by atoms with Crippen LogP contribution in [0.15, 0.2) is 30.3 Å². The molecule has 2 aliphatic heterocycles. The van der Waals surface area contributed by atoms with E-state index in [-0.39, 0.29) is 30.4 Å². The zero-order chi connectivity index (χ0) is 18.4. The van der Waals surface area contributed by atoms with Crippen LogP contribution >= 0.6 is 11.8 Å². The minimum absolute atomic E-state index is 0.0412. The summed E-state index contributed by atoms with van der Waals surface area (Å²) in [5.74, 6) is 2.17. The Morgan fingerprint density at radius 1 is 1.31 bits per heavy atom. The first-order valence-corrected chi connectivity index (χ1v) is 10.4. The maximum Gasteiger partial charge on any atom is 0.240 e. The van der Waals surface area contributed by atoms with Gasteiger partial charge in [0.05, 0.1) is 18.5 Å². The predicted molar refractivity (Wildman–Crippen MR) is 102 cm³/mol. The van der Waals surface area contributed by atoms with Crippen molar-refractivity contribution in [1.82, 2.24) is 15.1 Å². The van der Waals surface area contributed by atoms with E-state index in [0.717, 1.165) is 23.7 Å². The second-order valence-corrected chi connectivity index (χ2v) is 8.00. The summed E-state index contributed by atoms with van der Waals surface area (Å²) in [6, 6.07) is 9.65. The molecule has 2 atom stereocenters. The lowest BCUT2D eigenvalue weighted by Gasteiger charge is -2.23. The number of nitrogens with zero attached hydrogens (tertiary/aromatic N) is 2. The number of rotatable bonds is 7. The van der Waals surface area contributed by atoms with Crippen molar-refractivity contribution in [1.29, 1.82) is 0 Å². The van der Waals surface area contributed by atoms with Gasteiger partial charge in [0.1, 0.15) is 0 Å². The summed E-state index contributed by atoms with van der Waals surface area (Å²) in [5, 5.41) is 12.6. The second kappa shape index (κ2) is 9.39. The molecule has 0 radical (unpaired) electrons. The molecule has 0 bridgehead atoms. The Hall–Kier alpha value is -1.57. The summed E-state index contributed by atoms with van der Waals surface area (Å²) in [5.41, 5.74) is 1.05. The average Bonchev–Trinajstić information content (AvgIpc) is 3.34. The zero-order valence-electron chi connectivity index (χ0n) is 15.0. The number of carbonyl (C=O) groups excluding carboxylic acids is 2. The van der Waals surface area contributed by atoms with Gasteiger partial charge in [-0.05, 0) is 24.4 Å². The summed E-state index contributed by atoms with van der Waals surface area (Å²) in [4.78, 5) is 28.8. The van der Waals surface area contributed by atoms with Crippen molar-refractivity contribution in [3.05, 3.63) is 35.9 Å². The highest BCUT2D eigenvalue weighted by atomic mass is 32.2. The van der Waals surface area contributed by atoms with Crippen LogP contribution in [-0.2, 0) is 16.1 Å². The molecule has 142 valence electrons. The Morgan fingerprint density at radius 3 is 2.81 bits per heavy atom. The molecule has 7 heteroatoms. The Morgan fingerprint density at radius 2 is 2.12 bits per heavy atom. The van der Waals surface area contributed by atoms with Gasteiger partial charge in [0.25, 0.3) is 0 Å². The van der Waals surface area contributed by atoms with Gasteiger partial charge in [-0.25, -0.2) is 0 Å². The molecule has 0 spiro atoms. The quantitative estimate of drug-likeness (QED) is 0.739. The monoisotopic (exact) mass is 377 g/mol. The molecule has 1 aromatic rings. The molecule has 6 nitrogen and oxygen atoms in total. The molecule has 2 unspecified atom stereocenters. The van der Waals surface area contributed by atoms with Gasteiger partial charge in [0.15, 0.2) is 0 Å². The molecule has 2 fully saturated rings. The number of hydrogen-bond donors (Lipinski definition) is 2. The van der Waals surface area contributed by atoms with Gasteiger partial charge in [-0.3, -0.25) is 9.59 Å². The van der Waals surface area contributed by atoms with Crippen LogP contribution in [0, 0.1) is 5.92 Å². The maximum atomic E-state index is 12.7. The van der Waals surface area contributed by atoms with Crippen molar-refractivity contribution in [2.75, 3.05) is 37.9 Å². The number of aliphatic hydroxyl groups excluding tert-OH is 1. The molecule has 1 aromatic carbocycles. The third-order valence-corrected chi connectivity index (χ3v) is 5.95. The van der Waals surface area contributed by atoms with Gasteiger partial charge in [-0.15, -0.1) is 11.8 Å². The second-order valence-electron chi connectivity index (χ2n) is 6.93. The first kappa shape index (κ1) is 19.2. The van der Waals surface area contributed by atoms with Gasteiger partial charge in [-0.1, -0.05) is 30.3 Å². The molecule has 2 amide bonds. The van der Waals surface area contributed by atoms with Gasteiger partial charge in [0.2, 0.25) is 11.8 Å². The topological polar surface area (TPSA) is 72.9 Å². The van der Waals surface area contributed by atoms with Crippen molar-refractivity contribution in [2.45, 2.75) is 25.4 Å². The van der Waals surface area contributed by atoms with Crippen LogP contribution in [0.5, 0.6) is 0 Å². The van der Waals surface area contributed by atoms with Crippen molar-refractivity contribution >= 4 is 23.6 Å². The van der Waals surface area contributed by atoms with E-state index in [2.05, 4.69) is 5.32 Å². The van der Waals surface area contributed by atoms with Crippen LogP contribution < -0.4 is 5.32 Å². The van der Waals surface area contributed by atoms with Crippen LogP contribution in [-0.4, -0.2) is 70.6 Å². The molecule has 3 rings (SSSR count). The summed E-state index contributed by atoms with van der Waals surface area (Å²) < 4.78 is 0. The minimum Gasteiger partial charge on any atom is -0.395 e. The molecule has 0 aliphatic carbocycles. The third kappa shape index (κ3) is 4.99. The fourth-order valence-corrected chi connectivity index (χ4v) is 4.51. The number of carbonyl (C=O) groups is 2. The number of benzene rings is 1. The summed E-state index contributed by atoms with van der Waals surface area (Å²) in [6.45, 7) is 2.32. The molecule has 26 heavy (non-hydrogen) atoms. The lowest BCUT2D eigenvalue weighted by Crippen LogP contribution is -2.42. The van der Waals surface area contributed by atoms with E-state index in [1.165, 1.54) is 0 Å². The zero-order valence-corrected chi connectivity index (χ0v) is 15.8. The summed E-state index contributed by atoms with van der Waals surface area (Å²) >= 11 is 1.78. The molecule has 2 heterocycles. The van der Waals surface area contributed by atoms with Crippen LogP contribution in [0.3, 0.4) is 0 Å². The number of hydrogen-bond acceptors (Lipinski definition) is 5. The highest BCUT2D eigenvalue weighted by molar-refractivity contribution is 7.99. The van der Waals surface area contributed by atoms with Gasteiger partial charge in [0, 0.05) is 31.8 Å². The first-order valence-electron chi connectivity index (χ1n) is 9.20. The standard InChI is InChI=1S/C19H27N3O3S/c23-8-6-21(13-15-4-2-1-3-5-15)18(24)11-16-10-17(20-12-16)19(25)22-7-9-26-14-22/h1-5,16-17,20,23H,6-14H2. The SMILES string of the molecule is O=C(CC1CNC(C(=O)N2CCSC2)C1)N(CCO)Cc1ccccc1. The molecule has 0 saturated carbocycles. The van der Waals surface area contributed by atoms with Crippen molar-refractivity contribution in [2.24, 2.45) is 5.92 Å². The normalized spacial score (nSPS) is 22.6. The largest absolute Gasteiger partial charge is 0.395 e. The predicted octanol–water partition coefficient (Wildman–Crippen LogP) is 0.909. The summed E-state index contributed by atoms with van der Waals surface area (Å²) in [6.07, 6.45) is 1.13. The van der Waals surface area contributed by atoms with Gasteiger partial charge >= 0.3 is 0 Å². The fourth-order valence-electron chi connectivity index (χ4n) is 3.55.